The van der Waals surface area contributed by atoms with Crippen LogP contribution in [0.3, 0.4) is 0 Å². The number of aryl methyl sites for hydroxylation is 1. The fourth-order valence-electron chi connectivity index (χ4n) is 2.51. The van der Waals surface area contributed by atoms with Gasteiger partial charge in [0.25, 0.3) is 5.91 Å². The maximum absolute atomic E-state index is 12.4. The number of rotatable bonds is 4. The average Bonchev–Trinajstić information content (AvgIpc) is 2.58. The third kappa shape index (κ3) is 3.52. The lowest BCUT2D eigenvalue weighted by Crippen LogP contribution is -2.30. The number of hydrogen-bond donors (Lipinski definition) is 1. The molecule has 0 aliphatic carbocycles. The van der Waals surface area contributed by atoms with Crippen LogP contribution in [0.15, 0.2) is 60.7 Å². The Balaban J connectivity index is 1.77. The number of benzene rings is 3. The van der Waals surface area contributed by atoms with E-state index in [0.29, 0.717) is 16.5 Å². The number of carbonyl (C=O) groups excluding carboxylic acids is 1. The second kappa shape index (κ2) is 6.93. The molecule has 0 aliphatic rings. The van der Waals surface area contributed by atoms with E-state index in [4.69, 9.17) is 16.3 Å². The van der Waals surface area contributed by atoms with E-state index in [0.717, 1.165) is 16.3 Å². The fraction of sp³-hybridized carbons (Fsp3) is 0.150. The van der Waals surface area contributed by atoms with E-state index < -0.39 is 6.10 Å². The lowest BCUT2D eigenvalue weighted by Gasteiger charge is -2.17. The summed E-state index contributed by atoms with van der Waals surface area (Å²) in [7, 11) is 0. The van der Waals surface area contributed by atoms with E-state index in [2.05, 4.69) is 5.32 Å². The molecular weight excluding hydrogens is 322 g/mol. The first kappa shape index (κ1) is 16.3. The van der Waals surface area contributed by atoms with Gasteiger partial charge in [-0.05, 0) is 43.0 Å². The van der Waals surface area contributed by atoms with E-state index in [1.54, 1.807) is 19.1 Å². The maximum Gasteiger partial charge on any atom is 0.265 e. The van der Waals surface area contributed by atoms with Gasteiger partial charge in [0.1, 0.15) is 5.75 Å². The van der Waals surface area contributed by atoms with Crippen molar-refractivity contribution in [2.45, 2.75) is 20.0 Å². The van der Waals surface area contributed by atoms with Gasteiger partial charge in [-0.25, -0.2) is 0 Å². The molecule has 0 aliphatic heterocycles. The number of nitrogens with one attached hydrogen (secondary N) is 1. The molecule has 122 valence electrons. The highest BCUT2D eigenvalue weighted by Gasteiger charge is 2.17. The third-order valence-electron chi connectivity index (χ3n) is 3.88. The summed E-state index contributed by atoms with van der Waals surface area (Å²) in [6, 6.07) is 19.1. The second-order valence-electron chi connectivity index (χ2n) is 5.69. The van der Waals surface area contributed by atoms with Crippen molar-refractivity contribution >= 4 is 34.0 Å². The molecule has 0 heterocycles. The van der Waals surface area contributed by atoms with Gasteiger partial charge in [-0.2, -0.15) is 0 Å². The molecule has 1 N–H and O–H groups in total. The Bertz CT molecular complexity index is 886. The van der Waals surface area contributed by atoms with Crippen LogP contribution in [-0.4, -0.2) is 12.0 Å². The van der Waals surface area contributed by atoms with Gasteiger partial charge in [0.15, 0.2) is 6.10 Å². The van der Waals surface area contributed by atoms with E-state index >= 15 is 0 Å². The molecule has 0 saturated heterocycles. The van der Waals surface area contributed by atoms with Crippen molar-refractivity contribution in [1.82, 2.24) is 0 Å². The van der Waals surface area contributed by atoms with Gasteiger partial charge in [0, 0.05) is 16.1 Å². The van der Waals surface area contributed by atoms with Crippen LogP contribution in [0.2, 0.25) is 5.02 Å². The Morgan fingerprint density at radius 3 is 2.67 bits per heavy atom. The summed E-state index contributed by atoms with van der Waals surface area (Å²) in [5.41, 5.74) is 1.64. The zero-order chi connectivity index (χ0) is 17.1. The van der Waals surface area contributed by atoms with Crippen molar-refractivity contribution in [2.24, 2.45) is 0 Å². The maximum atomic E-state index is 12.4. The quantitative estimate of drug-likeness (QED) is 0.708. The summed E-state index contributed by atoms with van der Waals surface area (Å²) in [5, 5.41) is 5.51. The normalized spacial score (nSPS) is 12.0. The number of ether oxygens (including phenoxy) is 1. The van der Waals surface area contributed by atoms with Gasteiger partial charge in [-0.15, -0.1) is 0 Å². The molecule has 0 radical (unpaired) electrons. The van der Waals surface area contributed by atoms with E-state index in [1.165, 1.54) is 0 Å². The van der Waals surface area contributed by atoms with Gasteiger partial charge < -0.3 is 10.1 Å². The minimum Gasteiger partial charge on any atom is -0.480 e. The van der Waals surface area contributed by atoms with Crippen molar-refractivity contribution in [3.05, 3.63) is 71.2 Å². The number of carbonyl (C=O) groups is 1. The predicted octanol–water partition coefficient (Wildman–Crippen LogP) is 5.21. The van der Waals surface area contributed by atoms with E-state index in [-0.39, 0.29) is 5.91 Å². The molecule has 3 nitrogen and oxygen atoms in total. The zero-order valence-corrected chi connectivity index (χ0v) is 14.3. The van der Waals surface area contributed by atoms with Crippen LogP contribution in [0.25, 0.3) is 10.8 Å². The molecule has 0 unspecified atom stereocenters. The van der Waals surface area contributed by atoms with E-state index in [9.17, 15) is 4.79 Å². The van der Waals surface area contributed by atoms with Crippen LogP contribution >= 0.6 is 11.6 Å². The lowest BCUT2D eigenvalue weighted by atomic mass is 10.1. The molecule has 1 atom stereocenters. The van der Waals surface area contributed by atoms with Crippen molar-refractivity contribution < 1.29 is 9.53 Å². The number of hydrogen-bond acceptors (Lipinski definition) is 2. The van der Waals surface area contributed by atoms with Crippen LogP contribution < -0.4 is 10.1 Å². The van der Waals surface area contributed by atoms with Gasteiger partial charge in [0.2, 0.25) is 0 Å². The van der Waals surface area contributed by atoms with Crippen LogP contribution in [0.4, 0.5) is 5.69 Å². The fourth-order valence-corrected chi connectivity index (χ4v) is 2.68. The molecule has 3 aromatic carbocycles. The predicted molar refractivity (Wildman–Crippen MR) is 98.9 cm³/mol. The summed E-state index contributed by atoms with van der Waals surface area (Å²) in [4.78, 5) is 12.4. The molecular formula is C20H18ClNO2. The second-order valence-corrected chi connectivity index (χ2v) is 6.12. The number of amides is 1. The van der Waals surface area contributed by atoms with Crippen molar-refractivity contribution in [2.75, 3.05) is 5.32 Å². The Hall–Kier alpha value is -2.52. The summed E-state index contributed by atoms with van der Waals surface area (Å²) in [6.07, 6.45) is -0.630. The molecule has 3 aromatic rings. The zero-order valence-electron chi connectivity index (χ0n) is 13.5. The van der Waals surface area contributed by atoms with Crippen molar-refractivity contribution in [3.8, 4) is 5.75 Å². The first-order chi connectivity index (χ1) is 11.5. The van der Waals surface area contributed by atoms with Crippen LogP contribution in [0.5, 0.6) is 5.75 Å². The largest absolute Gasteiger partial charge is 0.480 e. The number of halogens is 1. The molecule has 0 spiro atoms. The SMILES string of the molecule is Cc1ccc(Cl)cc1NC(=O)[C@H](C)Oc1cccc2ccccc12. The van der Waals surface area contributed by atoms with Crippen molar-refractivity contribution in [1.29, 1.82) is 0 Å². The minimum atomic E-state index is -0.630. The first-order valence-electron chi connectivity index (χ1n) is 7.76. The highest BCUT2D eigenvalue weighted by molar-refractivity contribution is 6.31. The van der Waals surface area contributed by atoms with Crippen LogP contribution in [0.1, 0.15) is 12.5 Å². The smallest absolute Gasteiger partial charge is 0.265 e. The highest BCUT2D eigenvalue weighted by atomic mass is 35.5. The minimum absolute atomic E-state index is 0.215. The Morgan fingerprint density at radius 1 is 1.08 bits per heavy atom. The molecule has 24 heavy (non-hydrogen) atoms. The Kier molecular flexibility index (Phi) is 4.72. The molecule has 0 aromatic heterocycles. The number of anilines is 1. The monoisotopic (exact) mass is 339 g/mol. The summed E-state index contributed by atoms with van der Waals surface area (Å²) in [5.74, 6) is 0.479. The molecule has 1 amide bonds. The highest BCUT2D eigenvalue weighted by Crippen LogP contribution is 2.26. The third-order valence-corrected chi connectivity index (χ3v) is 4.12. The van der Waals surface area contributed by atoms with Crippen LogP contribution in [-0.2, 0) is 4.79 Å². The van der Waals surface area contributed by atoms with Crippen LogP contribution in [0, 0.1) is 6.92 Å². The van der Waals surface area contributed by atoms with Crippen molar-refractivity contribution in [3.63, 3.8) is 0 Å². The molecule has 4 heteroatoms. The first-order valence-corrected chi connectivity index (χ1v) is 8.14. The topological polar surface area (TPSA) is 38.3 Å². The van der Waals surface area contributed by atoms with Gasteiger partial charge in [-0.3, -0.25) is 4.79 Å². The van der Waals surface area contributed by atoms with Gasteiger partial charge >= 0.3 is 0 Å². The Labute approximate surface area is 146 Å². The standard InChI is InChI=1S/C20H18ClNO2/c1-13-10-11-16(21)12-18(13)22-20(23)14(2)24-19-9-5-7-15-6-3-4-8-17(15)19/h3-12,14H,1-2H3,(H,22,23)/t14-/m0/s1. The van der Waals surface area contributed by atoms with E-state index in [1.807, 2.05) is 55.5 Å². The molecule has 0 saturated carbocycles. The lowest BCUT2D eigenvalue weighted by molar-refractivity contribution is -0.122. The summed E-state index contributed by atoms with van der Waals surface area (Å²) < 4.78 is 5.89. The molecule has 3 rings (SSSR count). The average molecular weight is 340 g/mol. The molecule has 0 fully saturated rings. The molecule has 0 bridgehead atoms. The van der Waals surface area contributed by atoms with Gasteiger partial charge in [-0.1, -0.05) is 54.1 Å². The number of fused-ring (bicyclic) bond motifs is 1. The summed E-state index contributed by atoms with van der Waals surface area (Å²) >= 11 is 5.99. The van der Waals surface area contributed by atoms with Gasteiger partial charge in [0.05, 0.1) is 0 Å². The summed E-state index contributed by atoms with van der Waals surface area (Å²) in [6.45, 7) is 3.65. The Morgan fingerprint density at radius 2 is 1.83 bits per heavy atom.